The first kappa shape index (κ1) is 21.3. The molecule has 2 aromatic rings. The third-order valence-electron chi connectivity index (χ3n) is 4.54. The summed E-state index contributed by atoms with van der Waals surface area (Å²) in [5, 5.41) is 0.00229. The lowest BCUT2D eigenvalue weighted by atomic mass is 10.1. The van der Waals surface area contributed by atoms with Crippen LogP contribution in [0, 0.1) is 5.82 Å². The molecular formula is C19H18ClF4N3O2. The van der Waals surface area contributed by atoms with Gasteiger partial charge in [0.15, 0.2) is 5.69 Å². The number of carbonyl (C=O) groups excluding carboxylic acids is 1. The van der Waals surface area contributed by atoms with Crippen molar-refractivity contribution in [2.45, 2.75) is 38.0 Å². The van der Waals surface area contributed by atoms with E-state index < -0.39 is 23.8 Å². The highest BCUT2D eigenvalue weighted by atomic mass is 35.5. The number of halogens is 5. The summed E-state index contributed by atoms with van der Waals surface area (Å²) in [5.74, 6) is -0.640. The molecule has 1 aliphatic heterocycles. The van der Waals surface area contributed by atoms with Crippen LogP contribution in [0.25, 0.3) is 0 Å². The molecular weight excluding hydrogens is 414 g/mol. The molecule has 1 aromatic carbocycles. The molecule has 0 radical (unpaired) electrons. The standard InChI is InChI=1S/C19H18ClF4N3O2/c20-14-10-12(3-5-15(14)21)4-6-17(28)27-9-1-2-13(11-27)29-18-25-8-7-16(26-18)19(22,23)24/h3,5,7-8,10,13H,1-2,4,6,9,11H2. The summed E-state index contributed by atoms with van der Waals surface area (Å²) < 4.78 is 57.0. The largest absolute Gasteiger partial charge is 0.458 e. The predicted molar refractivity (Wildman–Crippen MR) is 97.0 cm³/mol. The number of benzene rings is 1. The fourth-order valence-corrected chi connectivity index (χ4v) is 3.27. The zero-order chi connectivity index (χ0) is 21.0. The third-order valence-corrected chi connectivity index (χ3v) is 4.83. The molecule has 1 aliphatic rings. The minimum Gasteiger partial charge on any atom is -0.458 e. The number of carbonyl (C=O) groups is 1. The van der Waals surface area contributed by atoms with Crippen LogP contribution in [0.3, 0.4) is 0 Å². The molecule has 2 heterocycles. The Morgan fingerprint density at radius 1 is 1.31 bits per heavy atom. The molecule has 0 N–H and O–H groups in total. The molecule has 156 valence electrons. The van der Waals surface area contributed by atoms with E-state index in [4.69, 9.17) is 16.3 Å². The van der Waals surface area contributed by atoms with E-state index in [9.17, 15) is 22.4 Å². The number of amides is 1. The van der Waals surface area contributed by atoms with Crippen LogP contribution in [-0.2, 0) is 17.4 Å². The fourth-order valence-electron chi connectivity index (χ4n) is 3.07. The van der Waals surface area contributed by atoms with Crippen LogP contribution < -0.4 is 4.74 Å². The second-order valence-corrected chi connectivity index (χ2v) is 7.10. The van der Waals surface area contributed by atoms with Gasteiger partial charge in [-0.3, -0.25) is 4.79 Å². The van der Waals surface area contributed by atoms with Crippen LogP contribution in [-0.4, -0.2) is 40.0 Å². The molecule has 3 rings (SSSR count). The fraction of sp³-hybridized carbons (Fsp3) is 0.421. The first-order chi connectivity index (χ1) is 13.7. The summed E-state index contributed by atoms with van der Waals surface area (Å²) in [6.45, 7) is 0.773. The Bertz CT molecular complexity index is 879. The topological polar surface area (TPSA) is 55.3 Å². The minimum atomic E-state index is -4.58. The van der Waals surface area contributed by atoms with E-state index in [2.05, 4.69) is 9.97 Å². The van der Waals surface area contributed by atoms with E-state index in [0.29, 0.717) is 25.8 Å². The lowest BCUT2D eigenvalue weighted by Gasteiger charge is -2.32. The molecule has 0 aliphatic carbocycles. The van der Waals surface area contributed by atoms with Crippen LogP contribution in [0.2, 0.25) is 5.02 Å². The Balaban J connectivity index is 1.56. The molecule has 1 saturated heterocycles. The number of hydrogen-bond acceptors (Lipinski definition) is 4. The van der Waals surface area contributed by atoms with Crippen LogP contribution in [0.1, 0.15) is 30.5 Å². The Labute approximate surface area is 169 Å². The number of likely N-dealkylation sites (tertiary alicyclic amines) is 1. The van der Waals surface area contributed by atoms with Crippen molar-refractivity contribution in [2.75, 3.05) is 13.1 Å². The van der Waals surface area contributed by atoms with Gasteiger partial charge in [-0.15, -0.1) is 0 Å². The van der Waals surface area contributed by atoms with Crippen LogP contribution in [0.15, 0.2) is 30.5 Å². The number of hydrogen-bond donors (Lipinski definition) is 0. The summed E-state index contributed by atoms with van der Waals surface area (Å²) in [7, 11) is 0. The Kier molecular flexibility index (Phi) is 6.56. The summed E-state index contributed by atoms with van der Waals surface area (Å²) in [6, 6.07) is 4.71. The molecule has 5 nitrogen and oxygen atoms in total. The van der Waals surface area contributed by atoms with Gasteiger partial charge in [0.05, 0.1) is 11.6 Å². The summed E-state index contributed by atoms with van der Waals surface area (Å²) in [6.07, 6.45) is -2.25. The van der Waals surface area contributed by atoms with Gasteiger partial charge in [0, 0.05) is 19.2 Å². The lowest BCUT2D eigenvalue weighted by molar-refractivity contribution is -0.141. The molecule has 0 saturated carbocycles. The first-order valence-corrected chi connectivity index (χ1v) is 9.39. The monoisotopic (exact) mass is 431 g/mol. The molecule has 0 bridgehead atoms. The van der Waals surface area contributed by atoms with E-state index in [0.717, 1.165) is 17.8 Å². The molecule has 10 heteroatoms. The van der Waals surface area contributed by atoms with Gasteiger partial charge in [0.2, 0.25) is 5.91 Å². The number of alkyl halides is 3. The molecule has 1 aromatic heterocycles. The Hall–Kier alpha value is -2.42. The van der Waals surface area contributed by atoms with E-state index in [-0.39, 0.29) is 29.9 Å². The van der Waals surface area contributed by atoms with Gasteiger partial charge in [-0.05, 0) is 43.0 Å². The van der Waals surface area contributed by atoms with Crippen molar-refractivity contribution in [2.24, 2.45) is 0 Å². The number of nitrogens with zero attached hydrogens (tertiary/aromatic N) is 3. The van der Waals surface area contributed by atoms with Crippen LogP contribution in [0.4, 0.5) is 17.6 Å². The number of ether oxygens (including phenoxy) is 1. The summed E-state index contributed by atoms with van der Waals surface area (Å²) in [4.78, 5) is 21.2. The highest BCUT2D eigenvalue weighted by Crippen LogP contribution is 2.28. The van der Waals surface area contributed by atoms with Crippen molar-refractivity contribution in [3.8, 4) is 6.01 Å². The molecule has 1 unspecified atom stereocenters. The second-order valence-electron chi connectivity index (χ2n) is 6.69. The maximum absolute atomic E-state index is 13.2. The molecule has 29 heavy (non-hydrogen) atoms. The number of aryl methyl sites for hydroxylation is 1. The van der Waals surface area contributed by atoms with Crippen molar-refractivity contribution in [3.05, 3.63) is 52.6 Å². The van der Waals surface area contributed by atoms with Gasteiger partial charge in [-0.25, -0.2) is 9.37 Å². The zero-order valence-electron chi connectivity index (χ0n) is 15.3. The van der Waals surface area contributed by atoms with Crippen molar-refractivity contribution in [1.82, 2.24) is 14.9 Å². The molecule has 1 atom stereocenters. The summed E-state index contributed by atoms with van der Waals surface area (Å²) >= 11 is 5.74. The normalized spacial score (nSPS) is 17.3. The summed E-state index contributed by atoms with van der Waals surface area (Å²) in [5.41, 5.74) is -0.337. The number of aromatic nitrogens is 2. The van der Waals surface area contributed by atoms with Crippen molar-refractivity contribution < 1.29 is 27.1 Å². The molecule has 1 amide bonds. The quantitative estimate of drug-likeness (QED) is 0.663. The Morgan fingerprint density at radius 2 is 2.10 bits per heavy atom. The number of rotatable bonds is 5. The number of piperidine rings is 1. The SMILES string of the molecule is O=C(CCc1ccc(F)c(Cl)c1)N1CCCC(Oc2nccc(C(F)(F)F)n2)C1. The predicted octanol–water partition coefficient (Wildman–Crippen LogP) is 4.29. The highest BCUT2D eigenvalue weighted by molar-refractivity contribution is 6.30. The Morgan fingerprint density at radius 3 is 2.83 bits per heavy atom. The van der Waals surface area contributed by atoms with E-state index in [1.54, 1.807) is 11.0 Å². The molecule has 0 spiro atoms. The third kappa shape index (κ3) is 5.79. The lowest BCUT2D eigenvalue weighted by Crippen LogP contribution is -2.44. The smallest absolute Gasteiger partial charge is 0.433 e. The maximum atomic E-state index is 13.2. The average molecular weight is 432 g/mol. The van der Waals surface area contributed by atoms with Gasteiger partial charge in [0.25, 0.3) is 0 Å². The van der Waals surface area contributed by atoms with E-state index >= 15 is 0 Å². The van der Waals surface area contributed by atoms with E-state index in [1.165, 1.54) is 12.1 Å². The van der Waals surface area contributed by atoms with Crippen LogP contribution >= 0.6 is 11.6 Å². The zero-order valence-corrected chi connectivity index (χ0v) is 16.0. The average Bonchev–Trinajstić information content (AvgIpc) is 2.68. The van der Waals surface area contributed by atoms with Gasteiger partial charge in [-0.1, -0.05) is 17.7 Å². The first-order valence-electron chi connectivity index (χ1n) is 9.01. The molecule has 1 fully saturated rings. The maximum Gasteiger partial charge on any atom is 0.433 e. The van der Waals surface area contributed by atoms with Crippen molar-refractivity contribution in [3.63, 3.8) is 0 Å². The van der Waals surface area contributed by atoms with Gasteiger partial charge >= 0.3 is 12.2 Å². The van der Waals surface area contributed by atoms with Crippen molar-refractivity contribution >= 4 is 17.5 Å². The van der Waals surface area contributed by atoms with Gasteiger partial charge < -0.3 is 9.64 Å². The minimum absolute atomic E-state index is 0.00229. The van der Waals surface area contributed by atoms with E-state index in [1.807, 2.05) is 0 Å². The van der Waals surface area contributed by atoms with Crippen LogP contribution in [0.5, 0.6) is 6.01 Å². The highest BCUT2D eigenvalue weighted by Gasteiger charge is 2.33. The van der Waals surface area contributed by atoms with Crippen molar-refractivity contribution in [1.29, 1.82) is 0 Å². The van der Waals surface area contributed by atoms with Gasteiger partial charge in [0.1, 0.15) is 11.9 Å². The van der Waals surface area contributed by atoms with Gasteiger partial charge in [-0.2, -0.15) is 18.2 Å². The second kappa shape index (κ2) is 8.94.